The molecule has 1 aromatic carbocycles. The van der Waals surface area contributed by atoms with E-state index in [-0.39, 0.29) is 0 Å². The molecule has 3 nitrogen and oxygen atoms in total. The van der Waals surface area contributed by atoms with E-state index in [1.54, 1.807) is 11.3 Å². The van der Waals surface area contributed by atoms with Crippen molar-refractivity contribution in [3.63, 3.8) is 0 Å². The number of hydrogen-bond acceptors (Lipinski definition) is 4. The second kappa shape index (κ2) is 8.27. The second-order valence-corrected chi connectivity index (χ2v) is 6.42. The van der Waals surface area contributed by atoms with Gasteiger partial charge in [-0.1, -0.05) is 51.1 Å². The summed E-state index contributed by atoms with van der Waals surface area (Å²) in [5, 5.41) is 4.51. The average molecular weight is 304 g/mol. The number of ether oxygens (including phenoxy) is 1. The summed E-state index contributed by atoms with van der Waals surface area (Å²) in [6.07, 6.45) is 1.04. The van der Waals surface area contributed by atoms with Crippen molar-refractivity contribution in [2.75, 3.05) is 6.61 Å². The monoisotopic (exact) mass is 304 g/mol. The maximum absolute atomic E-state index is 5.63. The Morgan fingerprint density at radius 2 is 2.00 bits per heavy atom. The number of thiazole rings is 1. The first-order valence-corrected chi connectivity index (χ1v) is 8.37. The lowest BCUT2D eigenvalue weighted by atomic mass is 10.1. The zero-order valence-electron chi connectivity index (χ0n) is 13.1. The van der Waals surface area contributed by atoms with Crippen LogP contribution in [-0.4, -0.2) is 17.6 Å². The summed E-state index contributed by atoms with van der Waals surface area (Å²) in [7, 11) is 0. The number of nitrogens with one attached hydrogen (secondary N) is 1. The Bertz CT molecular complexity index is 537. The third kappa shape index (κ3) is 4.92. The zero-order chi connectivity index (χ0) is 15.1. The normalized spacial score (nSPS) is 11.2. The van der Waals surface area contributed by atoms with Gasteiger partial charge in [-0.15, -0.1) is 11.3 Å². The summed E-state index contributed by atoms with van der Waals surface area (Å²) in [5.74, 6) is 0. The van der Waals surface area contributed by atoms with Crippen LogP contribution in [0.4, 0.5) is 0 Å². The van der Waals surface area contributed by atoms with Crippen LogP contribution in [-0.2, 0) is 17.9 Å². The molecule has 2 aromatic rings. The molecule has 2 rings (SSSR count). The maximum atomic E-state index is 5.63. The van der Waals surface area contributed by atoms with Gasteiger partial charge in [0.15, 0.2) is 0 Å². The van der Waals surface area contributed by atoms with Crippen molar-refractivity contribution < 1.29 is 4.74 Å². The number of benzene rings is 1. The van der Waals surface area contributed by atoms with Crippen LogP contribution in [0.25, 0.3) is 10.4 Å². The summed E-state index contributed by atoms with van der Waals surface area (Å²) in [4.78, 5) is 6.01. The molecule has 0 bridgehead atoms. The molecule has 1 N–H and O–H groups in total. The summed E-state index contributed by atoms with van der Waals surface area (Å²) in [6.45, 7) is 8.63. The number of rotatable bonds is 8. The molecule has 1 heterocycles. The Hall–Kier alpha value is -1.23. The fourth-order valence-electron chi connectivity index (χ4n) is 2.00. The van der Waals surface area contributed by atoms with Gasteiger partial charge in [0, 0.05) is 19.2 Å². The van der Waals surface area contributed by atoms with E-state index in [4.69, 9.17) is 9.72 Å². The third-order valence-corrected chi connectivity index (χ3v) is 4.15. The fourth-order valence-corrected chi connectivity index (χ4v) is 3.03. The molecule has 0 unspecified atom stereocenters. The van der Waals surface area contributed by atoms with Gasteiger partial charge >= 0.3 is 0 Å². The highest BCUT2D eigenvalue weighted by atomic mass is 32.1. The van der Waals surface area contributed by atoms with Gasteiger partial charge in [-0.25, -0.2) is 4.98 Å². The molecule has 114 valence electrons. The molecule has 0 fully saturated rings. The second-order valence-electron chi connectivity index (χ2n) is 5.34. The summed E-state index contributed by atoms with van der Waals surface area (Å²) < 4.78 is 5.63. The van der Waals surface area contributed by atoms with Gasteiger partial charge in [0.2, 0.25) is 0 Å². The van der Waals surface area contributed by atoms with E-state index in [2.05, 4.69) is 50.4 Å². The van der Waals surface area contributed by atoms with E-state index in [1.165, 1.54) is 10.4 Å². The molecule has 0 atom stereocenters. The molecule has 4 heteroatoms. The standard InChI is InChI=1S/C17H24N2OS/c1-4-10-20-12-16-19-15(11-18-13(2)3)17(21-16)14-8-6-5-7-9-14/h5-9,13,18H,4,10-12H2,1-3H3. The van der Waals surface area contributed by atoms with Crippen LogP contribution in [0.2, 0.25) is 0 Å². The highest BCUT2D eigenvalue weighted by molar-refractivity contribution is 7.15. The summed E-state index contributed by atoms with van der Waals surface area (Å²) in [6, 6.07) is 10.9. The van der Waals surface area contributed by atoms with Crippen molar-refractivity contribution in [1.29, 1.82) is 0 Å². The lowest BCUT2D eigenvalue weighted by Gasteiger charge is -2.07. The van der Waals surface area contributed by atoms with Gasteiger partial charge < -0.3 is 10.1 Å². The molecule has 0 aliphatic heterocycles. The van der Waals surface area contributed by atoms with Crippen molar-refractivity contribution >= 4 is 11.3 Å². The Morgan fingerprint density at radius 1 is 1.24 bits per heavy atom. The lowest BCUT2D eigenvalue weighted by Crippen LogP contribution is -2.22. The van der Waals surface area contributed by atoms with Gasteiger partial charge in [-0.2, -0.15) is 0 Å². The number of nitrogens with zero attached hydrogens (tertiary/aromatic N) is 1. The Morgan fingerprint density at radius 3 is 2.67 bits per heavy atom. The molecule has 0 radical (unpaired) electrons. The highest BCUT2D eigenvalue weighted by Crippen LogP contribution is 2.30. The van der Waals surface area contributed by atoms with Crippen LogP contribution in [0.1, 0.15) is 37.9 Å². The van der Waals surface area contributed by atoms with Crippen molar-refractivity contribution in [3.8, 4) is 10.4 Å². The van der Waals surface area contributed by atoms with Crippen LogP contribution in [0, 0.1) is 0 Å². The Labute approximate surface area is 131 Å². The van der Waals surface area contributed by atoms with Crippen molar-refractivity contribution in [1.82, 2.24) is 10.3 Å². The maximum Gasteiger partial charge on any atom is 0.119 e. The Balaban J connectivity index is 2.19. The zero-order valence-corrected chi connectivity index (χ0v) is 13.9. The minimum absolute atomic E-state index is 0.454. The smallest absolute Gasteiger partial charge is 0.119 e. The van der Waals surface area contributed by atoms with Gasteiger partial charge in [-0.05, 0) is 12.0 Å². The van der Waals surface area contributed by atoms with Gasteiger partial charge in [0.25, 0.3) is 0 Å². The van der Waals surface area contributed by atoms with E-state index in [9.17, 15) is 0 Å². The SMILES string of the molecule is CCCOCc1nc(CNC(C)C)c(-c2ccccc2)s1. The molecule has 0 aliphatic rings. The molecule has 0 aliphatic carbocycles. The average Bonchev–Trinajstić information content (AvgIpc) is 2.89. The van der Waals surface area contributed by atoms with E-state index >= 15 is 0 Å². The van der Waals surface area contributed by atoms with E-state index < -0.39 is 0 Å². The van der Waals surface area contributed by atoms with Crippen molar-refractivity contribution in [2.24, 2.45) is 0 Å². The molecular weight excluding hydrogens is 280 g/mol. The quantitative estimate of drug-likeness (QED) is 0.741. The predicted molar refractivity (Wildman–Crippen MR) is 89.5 cm³/mol. The van der Waals surface area contributed by atoms with Gasteiger partial charge in [0.05, 0.1) is 17.2 Å². The summed E-state index contributed by atoms with van der Waals surface area (Å²) >= 11 is 1.74. The molecule has 0 saturated carbocycles. The number of hydrogen-bond donors (Lipinski definition) is 1. The summed E-state index contributed by atoms with van der Waals surface area (Å²) in [5.41, 5.74) is 2.35. The van der Waals surface area contributed by atoms with Crippen molar-refractivity contribution in [3.05, 3.63) is 41.0 Å². The van der Waals surface area contributed by atoms with Gasteiger partial charge in [-0.3, -0.25) is 0 Å². The lowest BCUT2D eigenvalue weighted by molar-refractivity contribution is 0.121. The van der Waals surface area contributed by atoms with Crippen LogP contribution in [0.3, 0.4) is 0 Å². The predicted octanol–water partition coefficient (Wildman–Crippen LogP) is 4.23. The van der Waals surface area contributed by atoms with E-state index in [0.717, 1.165) is 30.3 Å². The van der Waals surface area contributed by atoms with Gasteiger partial charge in [0.1, 0.15) is 5.01 Å². The first-order chi connectivity index (χ1) is 10.2. The number of aromatic nitrogens is 1. The van der Waals surface area contributed by atoms with Crippen LogP contribution in [0.5, 0.6) is 0 Å². The van der Waals surface area contributed by atoms with Crippen LogP contribution >= 0.6 is 11.3 Å². The fraction of sp³-hybridized carbons (Fsp3) is 0.471. The molecule has 1 aromatic heterocycles. The Kier molecular flexibility index (Phi) is 6.36. The van der Waals surface area contributed by atoms with E-state index in [1.807, 2.05) is 6.07 Å². The third-order valence-electron chi connectivity index (χ3n) is 3.03. The van der Waals surface area contributed by atoms with Crippen LogP contribution < -0.4 is 5.32 Å². The van der Waals surface area contributed by atoms with E-state index in [0.29, 0.717) is 12.6 Å². The minimum Gasteiger partial charge on any atom is -0.374 e. The highest BCUT2D eigenvalue weighted by Gasteiger charge is 2.13. The topological polar surface area (TPSA) is 34.1 Å². The molecule has 0 spiro atoms. The molecule has 0 saturated heterocycles. The first-order valence-electron chi connectivity index (χ1n) is 7.55. The molecular formula is C17H24N2OS. The van der Waals surface area contributed by atoms with Crippen molar-refractivity contribution in [2.45, 2.75) is 46.4 Å². The molecule has 21 heavy (non-hydrogen) atoms. The van der Waals surface area contributed by atoms with Crippen LogP contribution in [0.15, 0.2) is 30.3 Å². The largest absolute Gasteiger partial charge is 0.374 e. The minimum atomic E-state index is 0.454. The molecule has 0 amide bonds. The first kappa shape index (κ1) is 16.1.